The number of piperidine rings is 1. The van der Waals surface area contributed by atoms with Gasteiger partial charge in [-0.05, 0) is 74.0 Å². The second kappa shape index (κ2) is 10.7. The predicted molar refractivity (Wildman–Crippen MR) is 132 cm³/mol. The van der Waals surface area contributed by atoms with Crippen LogP contribution in [0.1, 0.15) is 41.1 Å². The van der Waals surface area contributed by atoms with Gasteiger partial charge in [-0.25, -0.2) is 4.39 Å². The van der Waals surface area contributed by atoms with E-state index in [1.807, 2.05) is 47.4 Å². The largest absolute Gasteiger partial charge is 0.338 e. The second-order valence-electron chi connectivity index (χ2n) is 8.91. The number of carbonyl (C=O) groups is 1. The Labute approximate surface area is 195 Å². The molecule has 2 aliphatic rings. The summed E-state index contributed by atoms with van der Waals surface area (Å²) >= 11 is 0. The van der Waals surface area contributed by atoms with Gasteiger partial charge in [0.1, 0.15) is 5.82 Å². The molecule has 2 aliphatic heterocycles. The van der Waals surface area contributed by atoms with Gasteiger partial charge in [-0.3, -0.25) is 9.78 Å². The van der Waals surface area contributed by atoms with Gasteiger partial charge in [0.2, 0.25) is 0 Å². The first kappa shape index (κ1) is 23.1. The van der Waals surface area contributed by atoms with Gasteiger partial charge in [-0.2, -0.15) is 0 Å². The third-order valence-corrected chi connectivity index (χ3v) is 6.88. The third kappa shape index (κ3) is 5.31. The van der Waals surface area contributed by atoms with Crippen molar-refractivity contribution in [2.45, 2.75) is 25.2 Å². The molecule has 0 spiro atoms. The van der Waals surface area contributed by atoms with Crippen LogP contribution in [0.5, 0.6) is 0 Å². The Morgan fingerprint density at radius 3 is 2.45 bits per heavy atom. The lowest BCUT2D eigenvalue weighted by Gasteiger charge is -2.33. The van der Waals surface area contributed by atoms with E-state index in [0.29, 0.717) is 17.4 Å². The van der Waals surface area contributed by atoms with E-state index in [2.05, 4.69) is 23.0 Å². The van der Waals surface area contributed by atoms with Crippen LogP contribution < -0.4 is 0 Å². The Morgan fingerprint density at radius 2 is 1.70 bits per heavy atom. The number of carbonyl (C=O) groups excluding carboxylic acids is 1. The zero-order chi connectivity index (χ0) is 23.2. The van der Waals surface area contributed by atoms with Crippen LogP contribution in [0.3, 0.4) is 0 Å². The van der Waals surface area contributed by atoms with Crippen molar-refractivity contribution in [1.29, 1.82) is 0 Å². The van der Waals surface area contributed by atoms with Gasteiger partial charge in [-0.1, -0.05) is 30.3 Å². The quantitative estimate of drug-likeness (QED) is 0.496. The van der Waals surface area contributed by atoms with E-state index in [1.54, 1.807) is 18.3 Å². The fourth-order valence-electron chi connectivity index (χ4n) is 5.16. The van der Waals surface area contributed by atoms with Crippen molar-refractivity contribution in [3.8, 4) is 0 Å². The Kier molecular flexibility index (Phi) is 7.50. The van der Waals surface area contributed by atoms with Gasteiger partial charge < -0.3 is 9.80 Å². The molecular formula is C28H32FN3O. The number of rotatable bonds is 4. The molecule has 1 atom stereocenters. The number of fused-ring (bicyclic) bond motifs is 1. The summed E-state index contributed by atoms with van der Waals surface area (Å²) in [6.45, 7) is 10.8. The highest BCUT2D eigenvalue weighted by Gasteiger charge is 2.30. The van der Waals surface area contributed by atoms with Crippen LogP contribution in [0.2, 0.25) is 0 Å². The molecule has 0 bridgehead atoms. The van der Waals surface area contributed by atoms with E-state index < -0.39 is 0 Å². The van der Waals surface area contributed by atoms with Crippen molar-refractivity contribution < 1.29 is 9.18 Å². The molecule has 33 heavy (non-hydrogen) atoms. The molecule has 4 nitrogen and oxygen atoms in total. The van der Waals surface area contributed by atoms with Crippen LogP contribution >= 0.6 is 0 Å². The van der Waals surface area contributed by atoms with Gasteiger partial charge in [-0.15, -0.1) is 13.2 Å². The van der Waals surface area contributed by atoms with Crippen LogP contribution in [-0.2, 0) is 0 Å². The third-order valence-electron chi connectivity index (χ3n) is 6.88. The summed E-state index contributed by atoms with van der Waals surface area (Å²) in [6.07, 6.45) is 5.04. The maximum atomic E-state index is 13.2. The topological polar surface area (TPSA) is 36.4 Å². The standard InChI is InChI=1S/C26H28FN3O.C2H4/c27-23-8-6-20(7-9-23)21-11-14-29(15-12-21)17-19-10-16-30(18-19)26(31)24-5-1-3-22-4-2-13-28-25(22)24;1-2/h1-9,13,19,21H,10-12,14-18H2;1-2H2/t19-;/m1./s1. The van der Waals surface area contributed by atoms with E-state index >= 15 is 0 Å². The number of pyridine rings is 1. The van der Waals surface area contributed by atoms with Gasteiger partial charge >= 0.3 is 0 Å². The zero-order valence-corrected chi connectivity index (χ0v) is 19.1. The minimum atomic E-state index is -0.166. The molecule has 1 aromatic heterocycles. The molecular weight excluding hydrogens is 413 g/mol. The summed E-state index contributed by atoms with van der Waals surface area (Å²) in [7, 11) is 0. The molecule has 2 fully saturated rings. The SMILES string of the molecule is C=C.O=C(c1cccc2cccnc12)N1CC[C@H](CN2CCC(c3ccc(F)cc3)CC2)C1. The molecule has 3 aromatic rings. The average molecular weight is 446 g/mol. The van der Waals surface area contributed by atoms with E-state index in [4.69, 9.17) is 0 Å². The smallest absolute Gasteiger partial charge is 0.256 e. The minimum absolute atomic E-state index is 0.0989. The number of hydrogen-bond donors (Lipinski definition) is 0. The second-order valence-corrected chi connectivity index (χ2v) is 8.91. The normalized spacial score (nSPS) is 19.3. The summed E-state index contributed by atoms with van der Waals surface area (Å²) in [4.78, 5) is 22.2. The number of likely N-dealkylation sites (tertiary alicyclic amines) is 2. The van der Waals surface area contributed by atoms with Crippen LogP contribution in [0.25, 0.3) is 10.9 Å². The van der Waals surface area contributed by atoms with E-state index in [-0.39, 0.29) is 11.7 Å². The number of nitrogens with zero attached hydrogens (tertiary/aromatic N) is 3. The summed E-state index contributed by atoms with van der Waals surface area (Å²) in [5.41, 5.74) is 2.75. The number of benzene rings is 2. The molecule has 3 heterocycles. The molecule has 0 saturated carbocycles. The van der Waals surface area contributed by atoms with Crippen molar-refractivity contribution in [1.82, 2.24) is 14.8 Å². The fraction of sp³-hybridized carbons (Fsp3) is 0.357. The minimum Gasteiger partial charge on any atom is -0.338 e. The highest BCUT2D eigenvalue weighted by Crippen LogP contribution is 2.30. The van der Waals surface area contributed by atoms with Crippen LogP contribution in [0.15, 0.2) is 74.0 Å². The van der Waals surface area contributed by atoms with E-state index in [0.717, 1.165) is 62.9 Å². The lowest BCUT2D eigenvalue weighted by Crippen LogP contribution is -2.37. The van der Waals surface area contributed by atoms with Crippen molar-refractivity contribution in [3.05, 3.63) is 90.9 Å². The summed E-state index contributed by atoms with van der Waals surface area (Å²) in [5.74, 6) is 0.981. The predicted octanol–water partition coefficient (Wildman–Crippen LogP) is 5.52. The Bertz CT molecular complexity index is 1070. The van der Waals surface area contributed by atoms with Gasteiger partial charge in [0.15, 0.2) is 0 Å². The van der Waals surface area contributed by atoms with E-state index in [9.17, 15) is 9.18 Å². The van der Waals surface area contributed by atoms with Crippen molar-refractivity contribution in [2.24, 2.45) is 5.92 Å². The maximum absolute atomic E-state index is 13.2. The number of halogens is 1. The lowest BCUT2D eigenvalue weighted by atomic mass is 9.89. The van der Waals surface area contributed by atoms with Crippen LogP contribution in [-0.4, -0.2) is 53.4 Å². The molecule has 5 heteroatoms. The molecule has 2 aromatic carbocycles. The Morgan fingerprint density at radius 1 is 0.970 bits per heavy atom. The molecule has 0 aliphatic carbocycles. The first-order chi connectivity index (χ1) is 16.2. The molecule has 1 amide bonds. The highest BCUT2D eigenvalue weighted by atomic mass is 19.1. The Balaban J connectivity index is 0.00000126. The summed E-state index contributed by atoms with van der Waals surface area (Å²) in [5, 5.41) is 1.01. The fourth-order valence-corrected chi connectivity index (χ4v) is 5.16. The summed E-state index contributed by atoms with van der Waals surface area (Å²) in [6, 6.07) is 16.7. The highest BCUT2D eigenvalue weighted by molar-refractivity contribution is 6.05. The molecule has 0 unspecified atom stereocenters. The Hall–Kier alpha value is -3.05. The van der Waals surface area contributed by atoms with Gasteiger partial charge in [0, 0.05) is 31.2 Å². The number of aromatic nitrogens is 1. The van der Waals surface area contributed by atoms with Crippen molar-refractivity contribution in [3.63, 3.8) is 0 Å². The molecule has 2 saturated heterocycles. The van der Waals surface area contributed by atoms with Gasteiger partial charge in [0.05, 0.1) is 11.1 Å². The van der Waals surface area contributed by atoms with E-state index in [1.165, 1.54) is 5.56 Å². The van der Waals surface area contributed by atoms with Crippen molar-refractivity contribution in [2.75, 3.05) is 32.7 Å². The first-order valence-corrected chi connectivity index (χ1v) is 11.8. The average Bonchev–Trinajstić information content (AvgIpc) is 3.34. The zero-order valence-electron chi connectivity index (χ0n) is 19.1. The van der Waals surface area contributed by atoms with Crippen molar-refractivity contribution >= 4 is 16.8 Å². The number of hydrogen-bond acceptors (Lipinski definition) is 3. The summed E-state index contributed by atoms with van der Waals surface area (Å²) < 4.78 is 13.2. The van der Waals surface area contributed by atoms with Crippen LogP contribution in [0, 0.1) is 11.7 Å². The van der Waals surface area contributed by atoms with Crippen LogP contribution in [0.4, 0.5) is 4.39 Å². The first-order valence-electron chi connectivity index (χ1n) is 11.8. The molecule has 172 valence electrons. The molecule has 5 rings (SSSR count). The lowest BCUT2D eigenvalue weighted by molar-refractivity contribution is 0.0783. The monoisotopic (exact) mass is 445 g/mol. The van der Waals surface area contributed by atoms with Gasteiger partial charge in [0.25, 0.3) is 5.91 Å². The molecule has 0 radical (unpaired) electrons. The maximum Gasteiger partial charge on any atom is 0.256 e. The molecule has 0 N–H and O–H groups in total. The number of para-hydroxylation sites is 1. The number of amides is 1.